The summed E-state index contributed by atoms with van der Waals surface area (Å²) in [7, 11) is 0. The molecule has 19 heavy (non-hydrogen) atoms. The number of carbonyl (C=O) groups excluding carboxylic acids is 1. The lowest BCUT2D eigenvalue weighted by Crippen LogP contribution is -2.38. The van der Waals surface area contributed by atoms with Crippen molar-refractivity contribution >= 4 is 17.7 Å². The molecule has 0 aliphatic carbocycles. The van der Waals surface area contributed by atoms with Crippen molar-refractivity contribution in [2.24, 2.45) is 0 Å². The Morgan fingerprint density at radius 1 is 1.37 bits per heavy atom. The molecule has 2 amide bonds. The molecule has 2 rings (SSSR count). The normalized spacial score (nSPS) is 18.0. The van der Waals surface area contributed by atoms with Crippen molar-refractivity contribution < 1.29 is 24.5 Å². The Morgan fingerprint density at radius 2 is 2.16 bits per heavy atom. The van der Waals surface area contributed by atoms with Crippen LogP contribution in [0.1, 0.15) is 16.8 Å². The first kappa shape index (κ1) is 13.2. The Balaban J connectivity index is 2.04. The lowest BCUT2D eigenvalue weighted by atomic mass is 10.1. The van der Waals surface area contributed by atoms with Gasteiger partial charge in [0, 0.05) is 6.61 Å². The van der Waals surface area contributed by atoms with Gasteiger partial charge in [-0.2, -0.15) is 0 Å². The number of ether oxygens (including phenoxy) is 1. The molecule has 102 valence electrons. The summed E-state index contributed by atoms with van der Waals surface area (Å²) < 4.78 is 5.11. The molecule has 1 aromatic carbocycles. The van der Waals surface area contributed by atoms with Crippen LogP contribution in [0.4, 0.5) is 10.5 Å². The molecular formula is C12H14N2O5. The molecule has 1 aliphatic heterocycles. The SMILES string of the molecule is O=C(Nc1cccc(C(=O)O)c1O)NC1CCOC1. The van der Waals surface area contributed by atoms with Crippen LogP contribution in [0.3, 0.4) is 0 Å². The number of carboxylic acids is 1. The minimum absolute atomic E-state index is 0.0521. The molecule has 0 radical (unpaired) electrons. The number of hydrogen-bond donors (Lipinski definition) is 4. The van der Waals surface area contributed by atoms with Crippen molar-refractivity contribution in [2.45, 2.75) is 12.5 Å². The number of amides is 2. The third kappa shape index (κ3) is 3.14. The van der Waals surface area contributed by atoms with Crippen molar-refractivity contribution in [3.63, 3.8) is 0 Å². The van der Waals surface area contributed by atoms with Crippen LogP contribution in [-0.2, 0) is 4.74 Å². The second-order valence-corrected chi connectivity index (χ2v) is 4.17. The van der Waals surface area contributed by atoms with Crippen molar-refractivity contribution in [1.82, 2.24) is 5.32 Å². The van der Waals surface area contributed by atoms with Crippen molar-refractivity contribution in [3.8, 4) is 5.75 Å². The van der Waals surface area contributed by atoms with E-state index in [2.05, 4.69) is 10.6 Å². The van der Waals surface area contributed by atoms with E-state index < -0.39 is 17.7 Å². The Hall–Kier alpha value is -2.28. The van der Waals surface area contributed by atoms with Crippen LogP contribution in [0.5, 0.6) is 5.75 Å². The number of nitrogens with one attached hydrogen (secondary N) is 2. The van der Waals surface area contributed by atoms with Gasteiger partial charge in [-0.05, 0) is 18.6 Å². The molecule has 0 saturated carbocycles. The zero-order chi connectivity index (χ0) is 13.8. The Labute approximate surface area is 109 Å². The number of para-hydroxylation sites is 1. The van der Waals surface area contributed by atoms with Crippen molar-refractivity contribution in [1.29, 1.82) is 0 Å². The van der Waals surface area contributed by atoms with E-state index in [-0.39, 0.29) is 17.3 Å². The number of urea groups is 1. The van der Waals surface area contributed by atoms with Gasteiger partial charge in [0.1, 0.15) is 5.56 Å². The van der Waals surface area contributed by atoms with Gasteiger partial charge in [0.05, 0.1) is 18.3 Å². The summed E-state index contributed by atoms with van der Waals surface area (Å²) in [4.78, 5) is 22.5. The molecule has 1 heterocycles. The fourth-order valence-corrected chi connectivity index (χ4v) is 1.81. The number of aromatic hydroxyl groups is 1. The maximum atomic E-state index is 11.7. The summed E-state index contributed by atoms with van der Waals surface area (Å²) in [5.41, 5.74) is -0.210. The number of phenols is 1. The smallest absolute Gasteiger partial charge is 0.339 e. The van der Waals surface area contributed by atoms with Crippen LogP contribution >= 0.6 is 0 Å². The quantitative estimate of drug-likeness (QED) is 0.610. The van der Waals surface area contributed by atoms with Gasteiger partial charge in [0.2, 0.25) is 0 Å². The molecular weight excluding hydrogens is 252 g/mol. The lowest BCUT2D eigenvalue weighted by molar-refractivity contribution is 0.0693. The first-order chi connectivity index (χ1) is 9.08. The first-order valence-electron chi connectivity index (χ1n) is 5.78. The highest BCUT2D eigenvalue weighted by atomic mass is 16.5. The predicted octanol–water partition coefficient (Wildman–Crippen LogP) is 1.00. The van der Waals surface area contributed by atoms with E-state index in [9.17, 15) is 14.7 Å². The third-order valence-electron chi connectivity index (χ3n) is 2.78. The molecule has 4 N–H and O–H groups in total. The number of rotatable bonds is 3. The molecule has 7 nitrogen and oxygen atoms in total. The summed E-state index contributed by atoms with van der Waals surface area (Å²) in [6, 6.07) is 3.55. The molecule has 1 fully saturated rings. The maximum Gasteiger partial charge on any atom is 0.339 e. The van der Waals surface area contributed by atoms with Crippen LogP contribution in [-0.4, -0.2) is 41.5 Å². The largest absolute Gasteiger partial charge is 0.505 e. The molecule has 0 aromatic heterocycles. The third-order valence-corrected chi connectivity index (χ3v) is 2.78. The van der Waals surface area contributed by atoms with Crippen LogP contribution < -0.4 is 10.6 Å². The van der Waals surface area contributed by atoms with Crippen LogP contribution in [0.25, 0.3) is 0 Å². The molecule has 7 heteroatoms. The zero-order valence-corrected chi connectivity index (χ0v) is 10.0. The number of aromatic carboxylic acids is 1. The number of hydrogen-bond acceptors (Lipinski definition) is 4. The van der Waals surface area contributed by atoms with Gasteiger partial charge >= 0.3 is 12.0 Å². The standard InChI is InChI=1S/C12H14N2O5/c15-10-8(11(16)17)2-1-3-9(10)14-12(18)13-7-4-5-19-6-7/h1-3,7,15H,4-6H2,(H,16,17)(H2,13,14,18). The van der Waals surface area contributed by atoms with Gasteiger partial charge in [-0.15, -0.1) is 0 Å². The van der Waals surface area contributed by atoms with E-state index in [0.717, 1.165) is 6.42 Å². The fraction of sp³-hybridized carbons (Fsp3) is 0.333. The second kappa shape index (κ2) is 5.57. The van der Waals surface area contributed by atoms with E-state index in [1.54, 1.807) is 0 Å². The van der Waals surface area contributed by atoms with E-state index in [1.165, 1.54) is 18.2 Å². The highest BCUT2D eigenvalue weighted by Crippen LogP contribution is 2.27. The number of carboxylic acid groups (broad SMARTS) is 1. The number of carbonyl (C=O) groups is 2. The van der Waals surface area contributed by atoms with Crippen LogP contribution in [0, 0.1) is 0 Å². The number of benzene rings is 1. The molecule has 0 bridgehead atoms. The average Bonchev–Trinajstić information content (AvgIpc) is 2.84. The minimum Gasteiger partial charge on any atom is -0.505 e. The summed E-state index contributed by atoms with van der Waals surface area (Å²) >= 11 is 0. The zero-order valence-electron chi connectivity index (χ0n) is 10.0. The first-order valence-corrected chi connectivity index (χ1v) is 5.78. The molecule has 1 unspecified atom stereocenters. The Bertz CT molecular complexity index is 497. The van der Waals surface area contributed by atoms with E-state index in [0.29, 0.717) is 13.2 Å². The van der Waals surface area contributed by atoms with Gasteiger partial charge in [0.25, 0.3) is 0 Å². The lowest BCUT2D eigenvalue weighted by Gasteiger charge is -2.13. The van der Waals surface area contributed by atoms with Crippen molar-refractivity contribution in [3.05, 3.63) is 23.8 Å². The fourth-order valence-electron chi connectivity index (χ4n) is 1.81. The van der Waals surface area contributed by atoms with Gasteiger partial charge < -0.3 is 25.6 Å². The molecule has 0 spiro atoms. The van der Waals surface area contributed by atoms with E-state index in [4.69, 9.17) is 9.84 Å². The van der Waals surface area contributed by atoms with Crippen molar-refractivity contribution in [2.75, 3.05) is 18.5 Å². The monoisotopic (exact) mass is 266 g/mol. The Morgan fingerprint density at radius 3 is 2.79 bits per heavy atom. The van der Waals surface area contributed by atoms with Gasteiger partial charge in [-0.25, -0.2) is 9.59 Å². The predicted molar refractivity (Wildman–Crippen MR) is 66.4 cm³/mol. The van der Waals surface area contributed by atoms with Gasteiger partial charge in [0.15, 0.2) is 5.75 Å². The second-order valence-electron chi connectivity index (χ2n) is 4.17. The van der Waals surface area contributed by atoms with Crippen LogP contribution in [0.15, 0.2) is 18.2 Å². The topological polar surface area (TPSA) is 108 Å². The van der Waals surface area contributed by atoms with Crippen LogP contribution in [0.2, 0.25) is 0 Å². The Kier molecular flexibility index (Phi) is 3.86. The minimum atomic E-state index is -1.26. The summed E-state index contributed by atoms with van der Waals surface area (Å²) in [5.74, 6) is -1.72. The van der Waals surface area contributed by atoms with Gasteiger partial charge in [-0.3, -0.25) is 0 Å². The highest BCUT2D eigenvalue weighted by molar-refractivity contribution is 5.97. The maximum absolute atomic E-state index is 11.7. The summed E-state index contributed by atoms with van der Waals surface area (Å²) in [6.45, 7) is 1.05. The molecule has 1 aliphatic rings. The van der Waals surface area contributed by atoms with Gasteiger partial charge in [-0.1, -0.05) is 6.07 Å². The molecule has 1 saturated heterocycles. The summed E-state index contributed by atoms with van der Waals surface area (Å²) in [6.07, 6.45) is 0.731. The summed E-state index contributed by atoms with van der Waals surface area (Å²) in [5, 5.41) is 23.7. The average molecular weight is 266 g/mol. The van der Waals surface area contributed by atoms with E-state index in [1.807, 2.05) is 0 Å². The molecule has 1 atom stereocenters. The number of anilines is 1. The molecule has 1 aromatic rings. The van der Waals surface area contributed by atoms with E-state index >= 15 is 0 Å². The highest BCUT2D eigenvalue weighted by Gasteiger charge is 2.19.